The van der Waals surface area contributed by atoms with Crippen LogP contribution in [-0.2, 0) is 19.1 Å². The maximum Gasteiger partial charge on any atom is 0.321 e. The van der Waals surface area contributed by atoms with E-state index in [1.807, 2.05) is 0 Å². The molecule has 0 aliphatic rings. The molecule has 0 aromatic heterocycles. The van der Waals surface area contributed by atoms with Gasteiger partial charge in [0.2, 0.25) is 0 Å². The largest absolute Gasteiger partial charge is 0.468 e. The normalized spacial score (nSPS) is 11.8. The zero-order valence-electron chi connectivity index (χ0n) is 10.8. The molecule has 0 aliphatic carbocycles. The first-order valence-electron chi connectivity index (χ1n) is 5.58. The van der Waals surface area contributed by atoms with Crippen LogP contribution in [0.1, 0.15) is 11.5 Å². The lowest BCUT2D eigenvalue weighted by atomic mass is 9.86. The molecule has 0 radical (unpaired) electrons. The molecular formula is C14H15ClO4. The molecule has 102 valence electrons. The molecule has 0 saturated heterocycles. The summed E-state index contributed by atoms with van der Waals surface area (Å²) in [6.07, 6.45) is 1.52. The van der Waals surface area contributed by atoms with Crippen molar-refractivity contribution in [3.8, 4) is 0 Å². The Hall–Kier alpha value is -1.81. The van der Waals surface area contributed by atoms with E-state index in [0.29, 0.717) is 5.02 Å². The van der Waals surface area contributed by atoms with E-state index < -0.39 is 23.8 Å². The molecule has 0 aliphatic heterocycles. The van der Waals surface area contributed by atoms with Gasteiger partial charge < -0.3 is 9.47 Å². The zero-order chi connectivity index (χ0) is 14.4. The average molecular weight is 283 g/mol. The fourth-order valence-electron chi connectivity index (χ4n) is 1.79. The highest BCUT2D eigenvalue weighted by Crippen LogP contribution is 2.29. The molecule has 0 heterocycles. The summed E-state index contributed by atoms with van der Waals surface area (Å²) in [6.45, 7) is 3.67. The first-order chi connectivity index (χ1) is 9.04. The zero-order valence-corrected chi connectivity index (χ0v) is 11.5. The van der Waals surface area contributed by atoms with Crippen molar-refractivity contribution >= 4 is 23.5 Å². The summed E-state index contributed by atoms with van der Waals surface area (Å²) in [6, 6.07) is 6.82. The highest BCUT2D eigenvalue weighted by Gasteiger charge is 2.36. The summed E-state index contributed by atoms with van der Waals surface area (Å²) >= 11 is 5.81. The van der Waals surface area contributed by atoms with Crippen LogP contribution >= 0.6 is 11.6 Å². The quantitative estimate of drug-likeness (QED) is 0.473. The molecule has 1 atom stereocenters. The second-order valence-corrected chi connectivity index (χ2v) is 4.27. The van der Waals surface area contributed by atoms with E-state index in [9.17, 15) is 9.59 Å². The first-order valence-corrected chi connectivity index (χ1v) is 5.96. The van der Waals surface area contributed by atoms with Gasteiger partial charge in [-0.05, 0) is 17.7 Å². The van der Waals surface area contributed by atoms with Crippen molar-refractivity contribution in [2.75, 3.05) is 14.2 Å². The van der Waals surface area contributed by atoms with Crippen molar-refractivity contribution in [3.05, 3.63) is 47.5 Å². The Morgan fingerprint density at radius 3 is 2.00 bits per heavy atom. The van der Waals surface area contributed by atoms with Gasteiger partial charge in [0.1, 0.15) is 0 Å². The summed E-state index contributed by atoms with van der Waals surface area (Å²) < 4.78 is 9.30. The van der Waals surface area contributed by atoms with Gasteiger partial charge in [0, 0.05) is 10.9 Å². The average Bonchev–Trinajstić information content (AvgIpc) is 2.44. The maximum atomic E-state index is 11.8. The molecule has 1 aromatic rings. The van der Waals surface area contributed by atoms with E-state index in [-0.39, 0.29) is 0 Å². The van der Waals surface area contributed by atoms with E-state index in [2.05, 4.69) is 16.1 Å². The molecule has 4 nitrogen and oxygen atoms in total. The van der Waals surface area contributed by atoms with Gasteiger partial charge in [-0.25, -0.2) is 0 Å². The van der Waals surface area contributed by atoms with Crippen LogP contribution in [0, 0.1) is 5.92 Å². The number of methoxy groups -OCH3 is 2. The first kappa shape index (κ1) is 15.2. The Morgan fingerprint density at radius 2 is 1.63 bits per heavy atom. The van der Waals surface area contributed by atoms with Crippen LogP contribution in [0.3, 0.4) is 0 Å². The van der Waals surface area contributed by atoms with Crippen molar-refractivity contribution in [1.82, 2.24) is 0 Å². The number of rotatable bonds is 5. The molecule has 0 amide bonds. The summed E-state index contributed by atoms with van der Waals surface area (Å²) in [5.41, 5.74) is 0.736. The van der Waals surface area contributed by atoms with E-state index in [4.69, 9.17) is 11.6 Å². The Kier molecular flexibility index (Phi) is 5.57. The number of hydrogen-bond acceptors (Lipinski definition) is 4. The summed E-state index contributed by atoms with van der Waals surface area (Å²) in [7, 11) is 2.45. The van der Waals surface area contributed by atoms with E-state index >= 15 is 0 Å². The molecule has 0 spiro atoms. The summed E-state index contributed by atoms with van der Waals surface area (Å²) in [4.78, 5) is 23.5. The van der Waals surface area contributed by atoms with Gasteiger partial charge in [0.15, 0.2) is 5.92 Å². The van der Waals surface area contributed by atoms with Gasteiger partial charge in [-0.3, -0.25) is 9.59 Å². The van der Waals surface area contributed by atoms with E-state index in [1.54, 1.807) is 24.3 Å². The molecule has 1 unspecified atom stereocenters. The van der Waals surface area contributed by atoms with Crippen molar-refractivity contribution in [2.45, 2.75) is 5.92 Å². The third-order valence-electron chi connectivity index (χ3n) is 2.78. The number of allylic oxidation sites excluding steroid dienone is 1. The Labute approximate surface area is 117 Å². The second kappa shape index (κ2) is 6.95. The topological polar surface area (TPSA) is 52.6 Å². The predicted molar refractivity (Wildman–Crippen MR) is 71.9 cm³/mol. The van der Waals surface area contributed by atoms with Gasteiger partial charge in [0.05, 0.1) is 14.2 Å². The third-order valence-corrected chi connectivity index (χ3v) is 3.03. The van der Waals surface area contributed by atoms with Gasteiger partial charge in [-0.1, -0.05) is 29.8 Å². The van der Waals surface area contributed by atoms with Crippen molar-refractivity contribution < 1.29 is 19.1 Å². The smallest absolute Gasteiger partial charge is 0.321 e. The van der Waals surface area contributed by atoms with Crippen LogP contribution in [0.25, 0.3) is 0 Å². The van der Waals surface area contributed by atoms with Gasteiger partial charge in [-0.2, -0.15) is 0 Å². The number of carbonyl (C=O) groups excluding carboxylic acids is 2. The molecule has 1 rings (SSSR count). The fourth-order valence-corrected chi connectivity index (χ4v) is 1.92. The van der Waals surface area contributed by atoms with E-state index in [0.717, 1.165) is 5.56 Å². The van der Waals surface area contributed by atoms with Gasteiger partial charge in [-0.15, -0.1) is 6.58 Å². The van der Waals surface area contributed by atoms with Gasteiger partial charge in [0.25, 0.3) is 0 Å². The van der Waals surface area contributed by atoms with Crippen LogP contribution in [-0.4, -0.2) is 26.2 Å². The number of esters is 2. The van der Waals surface area contributed by atoms with Crippen molar-refractivity contribution in [3.63, 3.8) is 0 Å². The second-order valence-electron chi connectivity index (χ2n) is 3.84. The standard InChI is InChI=1S/C14H15ClO4/c1-4-11(9-5-7-10(15)8-6-9)12(13(16)18-2)14(17)19-3/h4-8,11-12H,1H2,2-3H3. The predicted octanol–water partition coefficient (Wildman–Crippen LogP) is 2.57. The number of carbonyl (C=O) groups is 2. The maximum absolute atomic E-state index is 11.8. The molecule has 0 saturated carbocycles. The highest BCUT2D eigenvalue weighted by atomic mass is 35.5. The lowest BCUT2D eigenvalue weighted by Gasteiger charge is -2.20. The van der Waals surface area contributed by atoms with Crippen molar-refractivity contribution in [2.24, 2.45) is 5.92 Å². The third kappa shape index (κ3) is 3.58. The highest BCUT2D eigenvalue weighted by molar-refractivity contribution is 6.30. The molecule has 5 heteroatoms. The molecule has 1 aromatic carbocycles. The monoisotopic (exact) mass is 282 g/mol. The minimum Gasteiger partial charge on any atom is -0.468 e. The van der Waals surface area contributed by atoms with Crippen molar-refractivity contribution in [1.29, 1.82) is 0 Å². The van der Waals surface area contributed by atoms with Crippen LogP contribution < -0.4 is 0 Å². The number of benzene rings is 1. The molecule has 0 fully saturated rings. The number of ether oxygens (including phenoxy) is 2. The molecule has 0 bridgehead atoms. The minimum absolute atomic E-state index is 0.530. The Morgan fingerprint density at radius 1 is 1.16 bits per heavy atom. The van der Waals surface area contributed by atoms with Crippen LogP contribution in [0.5, 0.6) is 0 Å². The number of halogens is 1. The number of hydrogen-bond donors (Lipinski definition) is 0. The molecule has 0 N–H and O–H groups in total. The lowest BCUT2D eigenvalue weighted by molar-refractivity contribution is -0.159. The van der Waals surface area contributed by atoms with Crippen LogP contribution in [0.2, 0.25) is 5.02 Å². The molecule has 19 heavy (non-hydrogen) atoms. The summed E-state index contributed by atoms with van der Waals surface area (Å²) in [5.74, 6) is -2.93. The lowest BCUT2D eigenvalue weighted by Crippen LogP contribution is -2.31. The minimum atomic E-state index is -1.08. The fraction of sp³-hybridized carbons (Fsp3) is 0.286. The van der Waals surface area contributed by atoms with Gasteiger partial charge >= 0.3 is 11.9 Å². The summed E-state index contributed by atoms with van der Waals surface area (Å²) in [5, 5.41) is 0.569. The van der Waals surface area contributed by atoms with Crippen LogP contribution in [0.4, 0.5) is 0 Å². The van der Waals surface area contributed by atoms with Crippen LogP contribution in [0.15, 0.2) is 36.9 Å². The molecular weight excluding hydrogens is 268 g/mol. The SMILES string of the molecule is C=CC(c1ccc(Cl)cc1)C(C(=O)OC)C(=O)OC. The Balaban J connectivity index is 3.16. The van der Waals surface area contributed by atoms with E-state index in [1.165, 1.54) is 20.3 Å². The Bertz CT molecular complexity index is 451.